The van der Waals surface area contributed by atoms with Crippen molar-refractivity contribution in [3.8, 4) is 6.07 Å². The fourth-order valence-corrected chi connectivity index (χ4v) is 4.36. The fourth-order valence-electron chi connectivity index (χ4n) is 2.32. The van der Waals surface area contributed by atoms with Crippen LogP contribution in [-0.4, -0.2) is 38.9 Å². The van der Waals surface area contributed by atoms with E-state index in [-0.39, 0.29) is 28.4 Å². The Balaban J connectivity index is 0.00000220. The molecule has 0 aromatic heterocycles. The van der Waals surface area contributed by atoms with Gasteiger partial charge in [-0.3, -0.25) is 0 Å². The average Bonchev–Trinajstić information content (AvgIpc) is 2.46. The molecule has 1 unspecified atom stereocenters. The second-order valence-electron chi connectivity index (χ2n) is 4.75. The Bertz CT molecular complexity index is 643. The summed E-state index contributed by atoms with van der Waals surface area (Å²) in [6.07, 6.45) is 1.78. The summed E-state index contributed by atoms with van der Waals surface area (Å²) in [5.41, 5.74) is 0.348. The number of nitrogens with zero attached hydrogens (tertiary/aromatic N) is 2. The standard InChI is InChI=1S/C13H16ClN3O2S.ClH/c1-16-11-3-2-6-17(9-11)20(18,19)13-5-4-10(8-15)7-12(13)14;/h4-5,7,11,16H,2-3,6,9H2,1H3;1H. The van der Waals surface area contributed by atoms with Crippen molar-refractivity contribution in [1.29, 1.82) is 5.26 Å². The lowest BCUT2D eigenvalue weighted by molar-refractivity contribution is 0.293. The van der Waals surface area contributed by atoms with Crippen molar-refractivity contribution in [3.63, 3.8) is 0 Å². The van der Waals surface area contributed by atoms with E-state index in [1.165, 1.54) is 22.5 Å². The zero-order valence-corrected chi connectivity index (χ0v) is 13.9. The van der Waals surface area contributed by atoms with Gasteiger partial charge in [0.1, 0.15) is 4.90 Å². The number of hydrogen-bond acceptors (Lipinski definition) is 4. The van der Waals surface area contributed by atoms with Crippen molar-refractivity contribution < 1.29 is 8.42 Å². The van der Waals surface area contributed by atoms with Gasteiger partial charge in [-0.15, -0.1) is 12.4 Å². The van der Waals surface area contributed by atoms with Crippen LogP contribution in [0.15, 0.2) is 23.1 Å². The van der Waals surface area contributed by atoms with Gasteiger partial charge in [0.25, 0.3) is 0 Å². The van der Waals surface area contributed by atoms with Gasteiger partial charge in [0.2, 0.25) is 10.0 Å². The molecular formula is C13H17Cl2N3O2S. The molecule has 0 radical (unpaired) electrons. The summed E-state index contributed by atoms with van der Waals surface area (Å²) in [5, 5.41) is 12.0. The Morgan fingerprint density at radius 3 is 2.76 bits per heavy atom. The molecule has 8 heteroatoms. The highest BCUT2D eigenvalue weighted by molar-refractivity contribution is 7.89. The summed E-state index contributed by atoms with van der Waals surface area (Å²) in [4.78, 5) is 0.0647. The minimum Gasteiger partial charge on any atom is -0.316 e. The highest BCUT2D eigenvalue weighted by atomic mass is 35.5. The average molecular weight is 350 g/mol. The van der Waals surface area contributed by atoms with Gasteiger partial charge in [0.05, 0.1) is 16.7 Å². The molecule has 0 spiro atoms. The Morgan fingerprint density at radius 2 is 2.19 bits per heavy atom. The topological polar surface area (TPSA) is 73.2 Å². The highest BCUT2D eigenvalue weighted by Crippen LogP contribution is 2.27. The molecule has 1 fully saturated rings. The van der Waals surface area contributed by atoms with Gasteiger partial charge in [-0.1, -0.05) is 11.6 Å². The lowest BCUT2D eigenvalue weighted by Gasteiger charge is -2.31. The summed E-state index contributed by atoms with van der Waals surface area (Å²) in [7, 11) is -1.78. The molecule has 1 aromatic rings. The van der Waals surface area contributed by atoms with Crippen LogP contribution < -0.4 is 5.32 Å². The molecule has 21 heavy (non-hydrogen) atoms. The molecule has 1 aromatic carbocycles. The maximum absolute atomic E-state index is 12.6. The van der Waals surface area contributed by atoms with E-state index in [4.69, 9.17) is 16.9 Å². The van der Waals surface area contributed by atoms with E-state index in [0.29, 0.717) is 18.7 Å². The first-order valence-electron chi connectivity index (χ1n) is 6.36. The monoisotopic (exact) mass is 349 g/mol. The lowest BCUT2D eigenvalue weighted by atomic mass is 10.1. The summed E-state index contributed by atoms with van der Waals surface area (Å²) in [5.74, 6) is 0. The number of likely N-dealkylation sites (N-methyl/N-ethyl adjacent to an activating group) is 1. The van der Waals surface area contributed by atoms with E-state index in [0.717, 1.165) is 12.8 Å². The van der Waals surface area contributed by atoms with E-state index in [9.17, 15) is 8.42 Å². The number of sulfonamides is 1. The number of nitrogens with one attached hydrogen (secondary N) is 1. The van der Waals surface area contributed by atoms with Gasteiger partial charge in [-0.05, 0) is 38.1 Å². The number of nitriles is 1. The lowest BCUT2D eigenvalue weighted by Crippen LogP contribution is -2.46. The molecule has 1 atom stereocenters. The number of benzene rings is 1. The number of hydrogen-bond donors (Lipinski definition) is 1. The van der Waals surface area contributed by atoms with E-state index in [2.05, 4.69) is 5.32 Å². The van der Waals surface area contributed by atoms with Crippen molar-refractivity contribution in [1.82, 2.24) is 9.62 Å². The van der Waals surface area contributed by atoms with Crippen LogP contribution in [0.3, 0.4) is 0 Å². The van der Waals surface area contributed by atoms with E-state index in [1.54, 1.807) is 0 Å². The molecule has 1 heterocycles. The number of rotatable bonds is 3. The fraction of sp³-hybridized carbons (Fsp3) is 0.462. The maximum Gasteiger partial charge on any atom is 0.244 e. The molecule has 0 bridgehead atoms. The maximum atomic E-state index is 12.6. The van der Waals surface area contributed by atoms with Crippen LogP contribution in [0.4, 0.5) is 0 Å². The molecule has 0 saturated carbocycles. The smallest absolute Gasteiger partial charge is 0.244 e. The quantitative estimate of drug-likeness (QED) is 0.905. The first kappa shape index (κ1) is 18.2. The number of halogens is 2. The minimum atomic E-state index is -3.61. The summed E-state index contributed by atoms with van der Waals surface area (Å²) in [6.45, 7) is 0.937. The van der Waals surface area contributed by atoms with Gasteiger partial charge >= 0.3 is 0 Å². The molecule has 1 N–H and O–H groups in total. The Labute approximate surface area is 136 Å². The minimum absolute atomic E-state index is 0. The van der Waals surface area contributed by atoms with Crippen LogP contribution >= 0.6 is 24.0 Å². The van der Waals surface area contributed by atoms with Gasteiger partial charge < -0.3 is 5.32 Å². The largest absolute Gasteiger partial charge is 0.316 e. The van der Waals surface area contributed by atoms with Crippen molar-refractivity contribution in [3.05, 3.63) is 28.8 Å². The first-order chi connectivity index (χ1) is 9.48. The molecule has 116 valence electrons. The van der Waals surface area contributed by atoms with Gasteiger partial charge in [0.15, 0.2) is 0 Å². The van der Waals surface area contributed by atoms with Crippen molar-refractivity contribution >= 4 is 34.0 Å². The van der Waals surface area contributed by atoms with E-state index in [1.807, 2.05) is 13.1 Å². The highest BCUT2D eigenvalue weighted by Gasteiger charge is 2.31. The third kappa shape index (κ3) is 3.87. The SMILES string of the molecule is CNC1CCCN(S(=O)(=O)c2ccc(C#N)cc2Cl)C1.Cl. The van der Waals surface area contributed by atoms with Crippen LogP contribution in [0.25, 0.3) is 0 Å². The van der Waals surface area contributed by atoms with Crippen LogP contribution in [0.2, 0.25) is 5.02 Å². The van der Waals surface area contributed by atoms with E-state index >= 15 is 0 Å². The zero-order chi connectivity index (χ0) is 14.8. The first-order valence-corrected chi connectivity index (χ1v) is 8.18. The predicted octanol–water partition coefficient (Wildman–Crippen LogP) is 2.01. The van der Waals surface area contributed by atoms with Crippen molar-refractivity contribution in [2.75, 3.05) is 20.1 Å². The number of piperidine rings is 1. The Hall–Kier alpha value is -0.840. The Morgan fingerprint density at radius 1 is 1.48 bits per heavy atom. The molecule has 0 amide bonds. The molecule has 2 rings (SSSR count). The van der Waals surface area contributed by atoms with Crippen LogP contribution in [0.5, 0.6) is 0 Å². The molecule has 1 aliphatic rings. The summed E-state index contributed by atoms with van der Waals surface area (Å²) < 4.78 is 26.6. The zero-order valence-electron chi connectivity index (χ0n) is 11.5. The van der Waals surface area contributed by atoms with Gasteiger partial charge in [-0.25, -0.2) is 8.42 Å². The summed E-state index contributed by atoms with van der Waals surface area (Å²) >= 11 is 6.01. The molecular weight excluding hydrogens is 333 g/mol. The van der Waals surface area contributed by atoms with Gasteiger partial charge in [0, 0.05) is 19.1 Å². The molecule has 1 aliphatic heterocycles. The van der Waals surface area contributed by atoms with Crippen LogP contribution in [-0.2, 0) is 10.0 Å². The second-order valence-corrected chi connectivity index (χ2v) is 7.06. The molecule has 5 nitrogen and oxygen atoms in total. The second kappa shape index (κ2) is 7.43. The molecule has 1 saturated heterocycles. The van der Waals surface area contributed by atoms with Crippen LogP contribution in [0, 0.1) is 11.3 Å². The van der Waals surface area contributed by atoms with Gasteiger partial charge in [-0.2, -0.15) is 9.57 Å². The Kier molecular flexibility index (Phi) is 6.44. The third-order valence-corrected chi connectivity index (χ3v) is 5.82. The van der Waals surface area contributed by atoms with Crippen LogP contribution in [0.1, 0.15) is 18.4 Å². The summed E-state index contributed by atoms with van der Waals surface area (Å²) in [6, 6.07) is 6.36. The normalized spacial score (nSPS) is 19.6. The third-order valence-electron chi connectivity index (χ3n) is 3.47. The van der Waals surface area contributed by atoms with Crippen molar-refractivity contribution in [2.24, 2.45) is 0 Å². The van der Waals surface area contributed by atoms with E-state index < -0.39 is 10.0 Å². The molecule has 0 aliphatic carbocycles. The van der Waals surface area contributed by atoms with Crippen molar-refractivity contribution in [2.45, 2.75) is 23.8 Å². The predicted molar refractivity (Wildman–Crippen MR) is 84.3 cm³/mol.